The zero-order chi connectivity index (χ0) is 16.8. The minimum absolute atomic E-state index is 0. The second-order valence-electron chi connectivity index (χ2n) is 6.94. The number of aliphatic imine (C=N–C) groups is 1. The molecule has 2 fully saturated rings. The Hall–Kier alpha value is -0.530. The molecular weight excluding hydrogens is 447 g/mol. The molecule has 4 nitrogen and oxygen atoms in total. The van der Waals surface area contributed by atoms with Gasteiger partial charge < -0.3 is 10.6 Å². The van der Waals surface area contributed by atoms with Crippen molar-refractivity contribution in [3.8, 4) is 0 Å². The van der Waals surface area contributed by atoms with Gasteiger partial charge in [-0.15, -0.1) is 24.0 Å². The summed E-state index contributed by atoms with van der Waals surface area (Å²) in [5, 5.41) is 7.81. The summed E-state index contributed by atoms with van der Waals surface area (Å²) in [5.41, 5.74) is 1.29. The summed E-state index contributed by atoms with van der Waals surface area (Å²) in [7, 11) is 1.85. The molecule has 0 spiro atoms. The van der Waals surface area contributed by atoms with Crippen LogP contribution in [-0.2, 0) is 6.42 Å². The average molecular weight is 477 g/mol. The van der Waals surface area contributed by atoms with E-state index >= 15 is 0 Å². The molecule has 1 heterocycles. The number of rotatable bonds is 5. The molecule has 1 aliphatic carbocycles. The van der Waals surface area contributed by atoms with Gasteiger partial charge in [-0.25, -0.2) is 0 Å². The maximum absolute atomic E-state index is 5.92. The smallest absolute Gasteiger partial charge is 0.191 e. The van der Waals surface area contributed by atoms with Gasteiger partial charge >= 0.3 is 0 Å². The van der Waals surface area contributed by atoms with Crippen molar-refractivity contribution in [2.45, 2.75) is 50.6 Å². The Balaban J connectivity index is 0.00000225. The number of likely N-dealkylation sites (tertiary alicyclic amines) is 1. The number of hydrogen-bond donors (Lipinski definition) is 2. The number of nitrogens with zero attached hydrogens (tertiary/aromatic N) is 2. The Morgan fingerprint density at radius 1 is 1.20 bits per heavy atom. The van der Waals surface area contributed by atoms with Gasteiger partial charge in [-0.3, -0.25) is 9.89 Å². The summed E-state index contributed by atoms with van der Waals surface area (Å²) in [6, 6.07) is 9.40. The van der Waals surface area contributed by atoms with Crippen LogP contribution in [0.25, 0.3) is 0 Å². The van der Waals surface area contributed by atoms with Gasteiger partial charge in [0.15, 0.2) is 5.96 Å². The molecule has 0 bridgehead atoms. The Labute approximate surface area is 173 Å². The van der Waals surface area contributed by atoms with Crippen molar-refractivity contribution in [1.82, 2.24) is 15.5 Å². The Bertz CT molecular complexity index is 543. The van der Waals surface area contributed by atoms with Gasteiger partial charge in [-0.1, -0.05) is 36.6 Å². The first-order chi connectivity index (χ1) is 11.7. The average Bonchev–Trinajstić information content (AvgIpc) is 3.27. The lowest BCUT2D eigenvalue weighted by molar-refractivity contribution is 0.242. The van der Waals surface area contributed by atoms with Crippen molar-refractivity contribution in [2.24, 2.45) is 4.99 Å². The highest BCUT2D eigenvalue weighted by Crippen LogP contribution is 2.26. The van der Waals surface area contributed by atoms with E-state index < -0.39 is 0 Å². The molecule has 1 atom stereocenters. The summed E-state index contributed by atoms with van der Waals surface area (Å²) < 4.78 is 0. The summed E-state index contributed by atoms with van der Waals surface area (Å²) in [5.74, 6) is 0.919. The van der Waals surface area contributed by atoms with E-state index in [0.29, 0.717) is 6.04 Å². The number of nitrogens with one attached hydrogen (secondary N) is 2. The highest BCUT2D eigenvalue weighted by atomic mass is 127. The predicted octanol–water partition coefficient (Wildman–Crippen LogP) is 3.68. The quantitative estimate of drug-likeness (QED) is 0.387. The second-order valence-corrected chi connectivity index (χ2v) is 7.38. The maximum Gasteiger partial charge on any atom is 0.191 e. The molecule has 140 valence electrons. The topological polar surface area (TPSA) is 39.7 Å². The summed E-state index contributed by atoms with van der Waals surface area (Å²) in [6.07, 6.45) is 7.78. The minimum Gasteiger partial charge on any atom is -0.356 e. The largest absolute Gasteiger partial charge is 0.356 e. The SMILES string of the molecule is CN=C(NCCc1ccc(Cl)cc1)NC1CCN(C2CCCC2)C1.I. The molecule has 1 aromatic carbocycles. The van der Waals surface area contributed by atoms with Crippen LogP contribution >= 0.6 is 35.6 Å². The van der Waals surface area contributed by atoms with E-state index in [2.05, 4.69) is 32.7 Å². The van der Waals surface area contributed by atoms with Crippen LogP contribution in [0.5, 0.6) is 0 Å². The van der Waals surface area contributed by atoms with Crippen molar-refractivity contribution >= 4 is 41.5 Å². The zero-order valence-corrected chi connectivity index (χ0v) is 18.1. The molecule has 25 heavy (non-hydrogen) atoms. The molecule has 0 amide bonds. The number of hydrogen-bond acceptors (Lipinski definition) is 2. The molecule has 1 saturated carbocycles. The fraction of sp³-hybridized carbons (Fsp3) is 0.632. The summed E-state index contributed by atoms with van der Waals surface area (Å²) >= 11 is 5.92. The van der Waals surface area contributed by atoms with Gasteiger partial charge in [0.25, 0.3) is 0 Å². The third kappa shape index (κ3) is 6.29. The molecule has 2 aliphatic rings. The van der Waals surface area contributed by atoms with Gasteiger partial charge in [0, 0.05) is 43.8 Å². The predicted molar refractivity (Wildman–Crippen MR) is 117 cm³/mol. The van der Waals surface area contributed by atoms with Crippen LogP contribution in [0, 0.1) is 0 Å². The molecule has 1 aliphatic heterocycles. The van der Waals surface area contributed by atoms with Crippen LogP contribution in [0.3, 0.4) is 0 Å². The van der Waals surface area contributed by atoms with E-state index in [0.717, 1.165) is 36.5 Å². The molecule has 1 saturated heterocycles. The first-order valence-electron chi connectivity index (χ1n) is 9.20. The summed E-state index contributed by atoms with van der Waals surface area (Å²) in [6.45, 7) is 3.26. The Kier molecular flexibility index (Phi) is 8.79. The monoisotopic (exact) mass is 476 g/mol. The fourth-order valence-electron chi connectivity index (χ4n) is 3.87. The molecule has 2 N–H and O–H groups in total. The summed E-state index contributed by atoms with van der Waals surface area (Å²) in [4.78, 5) is 7.05. The molecular formula is C19H30ClIN4. The molecule has 3 rings (SSSR count). The van der Waals surface area contributed by atoms with E-state index in [9.17, 15) is 0 Å². The molecule has 1 unspecified atom stereocenters. The van der Waals surface area contributed by atoms with E-state index in [1.165, 1.54) is 44.2 Å². The first kappa shape index (κ1) is 20.8. The normalized spacial score (nSPS) is 22.0. The lowest BCUT2D eigenvalue weighted by atomic mass is 10.1. The van der Waals surface area contributed by atoms with Crippen LogP contribution in [0.15, 0.2) is 29.3 Å². The first-order valence-corrected chi connectivity index (χ1v) is 9.58. The van der Waals surface area contributed by atoms with E-state index in [1.54, 1.807) is 0 Å². The van der Waals surface area contributed by atoms with Crippen LogP contribution in [0.4, 0.5) is 0 Å². The molecule has 1 aromatic rings. The fourth-order valence-corrected chi connectivity index (χ4v) is 4.00. The van der Waals surface area contributed by atoms with Gasteiger partial charge in [0.05, 0.1) is 0 Å². The highest BCUT2D eigenvalue weighted by Gasteiger charge is 2.30. The molecule has 6 heteroatoms. The Morgan fingerprint density at radius 3 is 2.60 bits per heavy atom. The Morgan fingerprint density at radius 2 is 1.92 bits per heavy atom. The van der Waals surface area contributed by atoms with Crippen molar-refractivity contribution in [3.63, 3.8) is 0 Å². The molecule has 0 radical (unpaired) electrons. The van der Waals surface area contributed by atoms with E-state index in [1.807, 2.05) is 19.2 Å². The standard InChI is InChI=1S/C19H29ClN4.HI/c1-21-19(22-12-10-15-6-8-16(20)9-7-15)23-17-11-13-24(14-17)18-4-2-3-5-18;/h6-9,17-18H,2-5,10-14H2,1H3,(H2,21,22,23);1H. The number of benzene rings is 1. The van der Waals surface area contributed by atoms with E-state index in [-0.39, 0.29) is 24.0 Å². The maximum atomic E-state index is 5.92. The van der Waals surface area contributed by atoms with Crippen molar-refractivity contribution in [2.75, 3.05) is 26.7 Å². The van der Waals surface area contributed by atoms with Crippen LogP contribution in [-0.4, -0.2) is 49.6 Å². The number of guanidine groups is 1. The van der Waals surface area contributed by atoms with Crippen molar-refractivity contribution in [1.29, 1.82) is 0 Å². The highest BCUT2D eigenvalue weighted by molar-refractivity contribution is 14.0. The van der Waals surface area contributed by atoms with Gasteiger partial charge in [0.2, 0.25) is 0 Å². The lowest BCUT2D eigenvalue weighted by Crippen LogP contribution is -2.45. The van der Waals surface area contributed by atoms with Crippen LogP contribution in [0.2, 0.25) is 5.02 Å². The minimum atomic E-state index is 0. The molecule has 0 aromatic heterocycles. The zero-order valence-electron chi connectivity index (χ0n) is 15.0. The van der Waals surface area contributed by atoms with E-state index in [4.69, 9.17) is 11.6 Å². The lowest BCUT2D eigenvalue weighted by Gasteiger charge is -2.24. The number of halogens is 2. The van der Waals surface area contributed by atoms with Gasteiger partial charge in [0.1, 0.15) is 0 Å². The van der Waals surface area contributed by atoms with Crippen molar-refractivity contribution in [3.05, 3.63) is 34.9 Å². The van der Waals surface area contributed by atoms with Gasteiger partial charge in [-0.2, -0.15) is 0 Å². The van der Waals surface area contributed by atoms with Gasteiger partial charge in [-0.05, 0) is 43.4 Å². The van der Waals surface area contributed by atoms with Crippen molar-refractivity contribution < 1.29 is 0 Å². The third-order valence-electron chi connectivity index (χ3n) is 5.24. The third-order valence-corrected chi connectivity index (χ3v) is 5.50. The van der Waals surface area contributed by atoms with Crippen LogP contribution in [0.1, 0.15) is 37.7 Å². The van der Waals surface area contributed by atoms with Crippen LogP contribution < -0.4 is 10.6 Å². The second kappa shape index (κ2) is 10.6.